The van der Waals surface area contributed by atoms with Gasteiger partial charge in [-0.05, 0) is 43.3 Å². The molecule has 0 atom stereocenters. The smallest absolute Gasteiger partial charge is 0.0540 e. The van der Waals surface area contributed by atoms with E-state index in [1.54, 1.807) is 11.3 Å². The highest BCUT2D eigenvalue weighted by Gasteiger charge is 2.19. The second-order valence-corrected chi connectivity index (χ2v) is 6.54. The van der Waals surface area contributed by atoms with Gasteiger partial charge in [0, 0.05) is 23.4 Å². The zero-order valence-corrected chi connectivity index (χ0v) is 13.2. The molecule has 0 bridgehead atoms. The van der Waals surface area contributed by atoms with E-state index in [1.165, 1.54) is 43.6 Å². The SMILES string of the molecule is CCCC1CCN(Cc2sccc2C#CCCO)CC1. The van der Waals surface area contributed by atoms with Crippen molar-refractivity contribution in [2.45, 2.75) is 45.6 Å². The van der Waals surface area contributed by atoms with E-state index >= 15 is 0 Å². The van der Waals surface area contributed by atoms with E-state index < -0.39 is 0 Å². The Kier molecular flexibility index (Phi) is 6.59. The standard InChI is InChI=1S/C17H25NOS/c1-2-5-15-7-10-18(11-8-15)14-17-16(9-13-20-17)6-3-4-12-19/h9,13,15,19H,2,4-5,7-8,10-12,14H2,1H3. The molecule has 1 fully saturated rings. The molecule has 1 saturated heterocycles. The molecule has 1 aliphatic heterocycles. The second-order valence-electron chi connectivity index (χ2n) is 5.54. The maximum Gasteiger partial charge on any atom is 0.0540 e. The minimum absolute atomic E-state index is 0.150. The third-order valence-electron chi connectivity index (χ3n) is 3.98. The summed E-state index contributed by atoms with van der Waals surface area (Å²) in [6.45, 7) is 5.94. The average molecular weight is 291 g/mol. The first-order valence-corrected chi connectivity index (χ1v) is 8.60. The Morgan fingerprint density at radius 1 is 1.40 bits per heavy atom. The van der Waals surface area contributed by atoms with Crippen LogP contribution in [0.3, 0.4) is 0 Å². The molecule has 1 aliphatic rings. The normalized spacial score (nSPS) is 16.9. The lowest BCUT2D eigenvalue weighted by atomic mass is 9.92. The van der Waals surface area contributed by atoms with E-state index in [0.29, 0.717) is 6.42 Å². The molecular formula is C17H25NOS. The van der Waals surface area contributed by atoms with Gasteiger partial charge in [0.15, 0.2) is 0 Å². The summed E-state index contributed by atoms with van der Waals surface area (Å²) in [5.41, 5.74) is 1.15. The summed E-state index contributed by atoms with van der Waals surface area (Å²) in [5.74, 6) is 7.16. The predicted octanol–water partition coefficient (Wildman–Crippen LogP) is 3.49. The van der Waals surface area contributed by atoms with E-state index in [1.807, 2.05) is 0 Å². The molecule has 0 spiro atoms. The number of likely N-dealkylation sites (tertiary alicyclic amines) is 1. The lowest BCUT2D eigenvalue weighted by molar-refractivity contribution is 0.173. The van der Waals surface area contributed by atoms with Crippen molar-refractivity contribution in [3.05, 3.63) is 21.9 Å². The largest absolute Gasteiger partial charge is 0.395 e. The van der Waals surface area contributed by atoms with Crippen LogP contribution >= 0.6 is 11.3 Å². The first kappa shape index (κ1) is 15.6. The fourth-order valence-corrected chi connectivity index (χ4v) is 3.70. The van der Waals surface area contributed by atoms with Crippen molar-refractivity contribution in [1.82, 2.24) is 4.90 Å². The van der Waals surface area contributed by atoms with Crippen LogP contribution in [0.2, 0.25) is 0 Å². The summed E-state index contributed by atoms with van der Waals surface area (Å²) in [4.78, 5) is 3.94. The molecule has 3 heteroatoms. The van der Waals surface area contributed by atoms with E-state index in [2.05, 4.69) is 35.1 Å². The first-order valence-electron chi connectivity index (χ1n) is 7.72. The molecule has 20 heavy (non-hydrogen) atoms. The van der Waals surface area contributed by atoms with Crippen molar-refractivity contribution in [2.24, 2.45) is 5.92 Å². The molecule has 2 rings (SSSR count). The third kappa shape index (κ3) is 4.63. The van der Waals surface area contributed by atoms with Crippen molar-refractivity contribution >= 4 is 11.3 Å². The zero-order valence-electron chi connectivity index (χ0n) is 12.4. The van der Waals surface area contributed by atoms with Gasteiger partial charge in [-0.1, -0.05) is 31.6 Å². The van der Waals surface area contributed by atoms with Gasteiger partial charge in [-0.25, -0.2) is 0 Å². The Balaban J connectivity index is 1.86. The summed E-state index contributed by atoms with van der Waals surface area (Å²) in [6, 6.07) is 2.11. The molecule has 2 heterocycles. The summed E-state index contributed by atoms with van der Waals surface area (Å²) in [6.07, 6.45) is 5.98. The van der Waals surface area contributed by atoms with Crippen LogP contribution in [0.5, 0.6) is 0 Å². The third-order valence-corrected chi connectivity index (χ3v) is 4.88. The molecule has 0 aliphatic carbocycles. The minimum atomic E-state index is 0.150. The van der Waals surface area contributed by atoms with Gasteiger partial charge in [0.1, 0.15) is 0 Å². The quantitative estimate of drug-likeness (QED) is 0.839. The Bertz CT molecular complexity index is 449. The molecule has 0 radical (unpaired) electrons. The molecule has 1 aromatic rings. The van der Waals surface area contributed by atoms with Gasteiger partial charge in [0.25, 0.3) is 0 Å². The number of thiophene rings is 1. The fourth-order valence-electron chi connectivity index (χ4n) is 2.83. The predicted molar refractivity (Wildman–Crippen MR) is 85.8 cm³/mol. The second kappa shape index (κ2) is 8.46. The molecule has 0 amide bonds. The topological polar surface area (TPSA) is 23.5 Å². The molecular weight excluding hydrogens is 266 g/mol. The number of aliphatic hydroxyl groups is 1. The Morgan fingerprint density at radius 3 is 2.90 bits per heavy atom. The maximum atomic E-state index is 8.79. The van der Waals surface area contributed by atoms with Crippen LogP contribution in [-0.4, -0.2) is 29.7 Å². The van der Waals surface area contributed by atoms with Gasteiger partial charge in [0.2, 0.25) is 0 Å². The van der Waals surface area contributed by atoms with E-state index in [-0.39, 0.29) is 6.61 Å². The number of piperidine rings is 1. The summed E-state index contributed by atoms with van der Waals surface area (Å²) in [7, 11) is 0. The highest BCUT2D eigenvalue weighted by Crippen LogP contribution is 2.25. The minimum Gasteiger partial charge on any atom is -0.395 e. The highest BCUT2D eigenvalue weighted by atomic mass is 32.1. The monoisotopic (exact) mass is 291 g/mol. The molecule has 0 unspecified atom stereocenters. The van der Waals surface area contributed by atoms with Crippen LogP contribution in [0.25, 0.3) is 0 Å². The molecule has 110 valence electrons. The number of hydrogen-bond acceptors (Lipinski definition) is 3. The lowest BCUT2D eigenvalue weighted by Gasteiger charge is -2.31. The van der Waals surface area contributed by atoms with Crippen LogP contribution in [0.15, 0.2) is 11.4 Å². The molecule has 1 aromatic heterocycles. The van der Waals surface area contributed by atoms with Gasteiger partial charge in [-0.15, -0.1) is 11.3 Å². The van der Waals surface area contributed by atoms with Gasteiger partial charge in [-0.2, -0.15) is 0 Å². The summed E-state index contributed by atoms with van der Waals surface area (Å²) < 4.78 is 0. The van der Waals surface area contributed by atoms with Crippen molar-refractivity contribution in [2.75, 3.05) is 19.7 Å². The molecule has 2 nitrogen and oxygen atoms in total. The number of aliphatic hydroxyl groups excluding tert-OH is 1. The van der Waals surface area contributed by atoms with Crippen molar-refractivity contribution < 1.29 is 5.11 Å². The average Bonchev–Trinajstić information content (AvgIpc) is 2.89. The first-order chi connectivity index (χ1) is 9.83. The van der Waals surface area contributed by atoms with Crippen LogP contribution in [0.1, 0.15) is 49.5 Å². The molecule has 0 saturated carbocycles. The van der Waals surface area contributed by atoms with E-state index in [9.17, 15) is 0 Å². The van der Waals surface area contributed by atoms with E-state index in [4.69, 9.17) is 5.11 Å². The van der Waals surface area contributed by atoms with Crippen LogP contribution in [0.4, 0.5) is 0 Å². The Labute approximate surface area is 126 Å². The lowest BCUT2D eigenvalue weighted by Crippen LogP contribution is -2.33. The Hall–Kier alpha value is -0.820. The summed E-state index contributed by atoms with van der Waals surface area (Å²) >= 11 is 1.81. The van der Waals surface area contributed by atoms with Gasteiger partial charge >= 0.3 is 0 Å². The highest BCUT2D eigenvalue weighted by molar-refractivity contribution is 7.10. The van der Waals surface area contributed by atoms with Gasteiger partial charge in [0.05, 0.1) is 6.61 Å². The summed E-state index contributed by atoms with van der Waals surface area (Å²) in [5, 5.41) is 10.9. The van der Waals surface area contributed by atoms with Crippen LogP contribution < -0.4 is 0 Å². The van der Waals surface area contributed by atoms with Gasteiger partial charge < -0.3 is 5.11 Å². The van der Waals surface area contributed by atoms with Gasteiger partial charge in [-0.3, -0.25) is 4.90 Å². The Morgan fingerprint density at radius 2 is 2.20 bits per heavy atom. The number of rotatable bonds is 5. The zero-order chi connectivity index (χ0) is 14.2. The molecule has 1 N–H and O–H groups in total. The van der Waals surface area contributed by atoms with Crippen molar-refractivity contribution in [1.29, 1.82) is 0 Å². The molecule has 0 aromatic carbocycles. The maximum absolute atomic E-state index is 8.79. The van der Waals surface area contributed by atoms with Crippen LogP contribution in [-0.2, 0) is 6.54 Å². The van der Waals surface area contributed by atoms with Crippen molar-refractivity contribution in [3.8, 4) is 11.8 Å². The number of hydrogen-bond donors (Lipinski definition) is 1. The van der Waals surface area contributed by atoms with Crippen LogP contribution in [0, 0.1) is 17.8 Å². The fraction of sp³-hybridized carbons (Fsp3) is 0.647. The number of nitrogens with zero attached hydrogens (tertiary/aromatic N) is 1. The van der Waals surface area contributed by atoms with Crippen molar-refractivity contribution in [3.63, 3.8) is 0 Å². The van der Waals surface area contributed by atoms with E-state index in [0.717, 1.165) is 18.0 Å².